The monoisotopic (exact) mass is 306 g/mol. The molecule has 0 aromatic heterocycles. The second kappa shape index (κ2) is 7.95. The Kier molecular flexibility index (Phi) is 5.97. The van der Waals surface area contributed by atoms with E-state index in [1.165, 1.54) is 10.4 Å². The summed E-state index contributed by atoms with van der Waals surface area (Å²) in [6.45, 7) is 8.57. The van der Waals surface area contributed by atoms with Gasteiger partial charge in [0.2, 0.25) is 0 Å². The van der Waals surface area contributed by atoms with E-state index in [0.29, 0.717) is 5.54 Å². The molecule has 0 aliphatic heterocycles. The molecule has 0 spiro atoms. The van der Waals surface area contributed by atoms with Gasteiger partial charge in [-0.2, -0.15) is 0 Å². The molecule has 0 amide bonds. The summed E-state index contributed by atoms with van der Waals surface area (Å²) in [7, 11) is -1.90. The number of allylic oxidation sites excluding steroid dienone is 3. The van der Waals surface area contributed by atoms with E-state index >= 15 is 0 Å². The van der Waals surface area contributed by atoms with Crippen LogP contribution in [0.5, 0.6) is 0 Å². The molecule has 0 saturated carbocycles. The molecule has 2 aromatic carbocycles. The van der Waals surface area contributed by atoms with Gasteiger partial charge in [-0.3, -0.25) is 0 Å². The Balaban J connectivity index is 2.71. The maximum absolute atomic E-state index is 4.17. The Bertz CT molecular complexity index is 559. The van der Waals surface area contributed by atoms with Crippen LogP contribution in [0.1, 0.15) is 20.3 Å². The molecule has 0 bridgehead atoms. The van der Waals surface area contributed by atoms with E-state index < -0.39 is 8.07 Å². The Morgan fingerprint density at radius 1 is 0.955 bits per heavy atom. The average molecular weight is 307 g/mol. The summed E-state index contributed by atoms with van der Waals surface area (Å²) >= 11 is 0. The van der Waals surface area contributed by atoms with Crippen LogP contribution in [0.15, 0.2) is 85.5 Å². The lowest BCUT2D eigenvalue weighted by molar-refractivity contribution is 0.921. The lowest BCUT2D eigenvalue weighted by Gasteiger charge is -2.38. The van der Waals surface area contributed by atoms with Crippen molar-refractivity contribution in [2.45, 2.75) is 31.9 Å². The van der Waals surface area contributed by atoms with Gasteiger partial charge < -0.3 is 0 Å². The van der Waals surface area contributed by atoms with Gasteiger partial charge >= 0.3 is 0 Å². The van der Waals surface area contributed by atoms with E-state index in [-0.39, 0.29) is 0 Å². The summed E-state index contributed by atoms with van der Waals surface area (Å²) in [4.78, 5) is 0. The summed E-state index contributed by atoms with van der Waals surface area (Å²) in [5.74, 6) is 0. The molecular weight excluding hydrogens is 280 g/mol. The van der Waals surface area contributed by atoms with Crippen molar-refractivity contribution in [3.63, 3.8) is 0 Å². The highest BCUT2D eigenvalue weighted by Gasteiger charge is 2.41. The van der Waals surface area contributed by atoms with E-state index in [9.17, 15) is 0 Å². The molecule has 0 fully saturated rings. The maximum Gasteiger partial charge on any atom is 0.128 e. The Hall–Kier alpha value is -1.86. The van der Waals surface area contributed by atoms with Gasteiger partial charge in [0.25, 0.3) is 0 Å². The van der Waals surface area contributed by atoms with Crippen LogP contribution in [0.4, 0.5) is 0 Å². The predicted octanol–water partition coefficient (Wildman–Crippen LogP) is 4.79. The molecule has 0 aliphatic carbocycles. The predicted molar refractivity (Wildman–Crippen MR) is 102 cm³/mol. The number of rotatable bonds is 7. The molecule has 114 valence electrons. The fourth-order valence-corrected chi connectivity index (χ4v) is 8.72. The summed E-state index contributed by atoms with van der Waals surface area (Å²) in [5, 5.41) is 3.01. The van der Waals surface area contributed by atoms with Crippen LogP contribution < -0.4 is 10.4 Å². The lowest BCUT2D eigenvalue weighted by atomic mass is 10.3. The van der Waals surface area contributed by atoms with E-state index in [4.69, 9.17) is 0 Å². The third-order valence-electron chi connectivity index (χ3n) is 4.61. The average Bonchev–Trinajstić information content (AvgIpc) is 2.60. The van der Waals surface area contributed by atoms with Crippen molar-refractivity contribution in [1.82, 2.24) is 0 Å². The number of benzene rings is 2. The second-order valence-electron chi connectivity index (χ2n) is 5.73. The first-order chi connectivity index (χ1) is 10.8. The van der Waals surface area contributed by atoms with Gasteiger partial charge in [0.05, 0.1) is 0 Å². The normalized spacial score (nSPS) is 13.2. The Labute approximate surface area is 136 Å². The van der Waals surface area contributed by atoms with Crippen LogP contribution in [0, 0.1) is 0 Å². The van der Waals surface area contributed by atoms with Crippen LogP contribution in [-0.2, 0) is 0 Å². The molecule has 2 aromatic rings. The van der Waals surface area contributed by atoms with Gasteiger partial charge in [-0.25, -0.2) is 0 Å². The zero-order valence-electron chi connectivity index (χ0n) is 13.7. The van der Waals surface area contributed by atoms with Crippen molar-refractivity contribution >= 4 is 18.4 Å². The largest absolute Gasteiger partial charge is 0.128 e. The van der Waals surface area contributed by atoms with E-state index in [1.807, 2.05) is 0 Å². The van der Waals surface area contributed by atoms with Crippen molar-refractivity contribution in [3.05, 3.63) is 85.5 Å². The molecule has 1 heteroatoms. The molecule has 2 rings (SSSR count). The molecule has 0 N–H and O–H groups in total. The van der Waals surface area contributed by atoms with Crippen molar-refractivity contribution in [1.29, 1.82) is 0 Å². The Morgan fingerprint density at radius 3 is 1.82 bits per heavy atom. The summed E-state index contributed by atoms with van der Waals surface area (Å²) in [6.07, 6.45) is 7.86. The molecule has 22 heavy (non-hydrogen) atoms. The van der Waals surface area contributed by atoms with E-state index in [0.717, 1.165) is 12.5 Å². The first kappa shape index (κ1) is 16.5. The van der Waals surface area contributed by atoms with Crippen molar-refractivity contribution in [2.75, 3.05) is 0 Å². The van der Waals surface area contributed by atoms with Gasteiger partial charge in [0.1, 0.15) is 8.07 Å². The quantitative estimate of drug-likeness (QED) is 0.509. The third-order valence-corrected chi connectivity index (χ3v) is 10.1. The molecule has 1 atom stereocenters. The van der Waals surface area contributed by atoms with E-state index in [2.05, 4.69) is 99.3 Å². The number of hydrogen-bond acceptors (Lipinski definition) is 0. The smallest absolute Gasteiger partial charge is 0.103 e. The summed E-state index contributed by atoms with van der Waals surface area (Å²) in [6, 6.07) is 23.3. The van der Waals surface area contributed by atoms with Crippen LogP contribution in [0.2, 0.25) is 11.6 Å². The first-order valence-electron chi connectivity index (χ1n) is 8.14. The summed E-state index contributed by atoms with van der Waals surface area (Å²) < 4.78 is 0. The fourth-order valence-electron chi connectivity index (χ4n) is 3.47. The van der Waals surface area contributed by atoms with E-state index in [1.54, 1.807) is 0 Å². The Morgan fingerprint density at radius 2 is 1.45 bits per heavy atom. The van der Waals surface area contributed by atoms with Crippen molar-refractivity contribution in [2.24, 2.45) is 0 Å². The van der Waals surface area contributed by atoms with Gasteiger partial charge in [-0.15, -0.1) is 6.58 Å². The highest BCUT2D eigenvalue weighted by atomic mass is 28.3. The second-order valence-corrected chi connectivity index (χ2v) is 9.97. The standard InChI is InChI=1S/C21H26Si/c1-4-7-18-22(19(5-2)6-3,20-14-10-8-11-15-20)21-16-12-9-13-17-21/h4-5,7-17,19H,2,6,18H2,1,3H3/b7-4+. The van der Waals surface area contributed by atoms with Gasteiger partial charge in [0, 0.05) is 0 Å². The minimum absolute atomic E-state index is 0.536. The molecule has 0 radical (unpaired) electrons. The molecule has 0 heterocycles. The van der Waals surface area contributed by atoms with Crippen molar-refractivity contribution < 1.29 is 0 Å². The van der Waals surface area contributed by atoms with Gasteiger partial charge in [-0.1, -0.05) is 103 Å². The highest BCUT2D eigenvalue weighted by Crippen LogP contribution is 2.30. The summed E-state index contributed by atoms with van der Waals surface area (Å²) in [5.41, 5.74) is 0.536. The van der Waals surface area contributed by atoms with Crippen LogP contribution in [0.25, 0.3) is 0 Å². The first-order valence-corrected chi connectivity index (χ1v) is 10.4. The molecule has 0 nitrogen and oxygen atoms in total. The third kappa shape index (κ3) is 3.15. The molecular formula is C21H26Si. The molecule has 0 aliphatic rings. The van der Waals surface area contributed by atoms with Crippen LogP contribution in [0.3, 0.4) is 0 Å². The zero-order valence-corrected chi connectivity index (χ0v) is 14.7. The minimum Gasteiger partial charge on any atom is -0.103 e. The maximum atomic E-state index is 4.17. The van der Waals surface area contributed by atoms with Gasteiger partial charge in [-0.05, 0) is 18.5 Å². The molecule has 1 unspecified atom stereocenters. The molecule has 0 saturated heterocycles. The van der Waals surface area contributed by atoms with Crippen LogP contribution >= 0.6 is 0 Å². The van der Waals surface area contributed by atoms with Crippen molar-refractivity contribution in [3.8, 4) is 0 Å². The minimum atomic E-state index is -1.90. The number of hydrogen-bond donors (Lipinski definition) is 0. The highest BCUT2D eigenvalue weighted by molar-refractivity contribution is 7.03. The van der Waals surface area contributed by atoms with Gasteiger partial charge in [0.15, 0.2) is 0 Å². The zero-order chi connectivity index (χ0) is 15.8. The van der Waals surface area contributed by atoms with Crippen LogP contribution in [-0.4, -0.2) is 8.07 Å². The lowest BCUT2D eigenvalue weighted by Crippen LogP contribution is -2.60. The SMILES string of the molecule is C=CC(CC)[Si](C/C=C/C)(c1ccccc1)c1ccccc1. The topological polar surface area (TPSA) is 0 Å². The fraction of sp³-hybridized carbons (Fsp3) is 0.238.